The molecule has 96 valence electrons. The zero-order valence-corrected chi connectivity index (χ0v) is 10.4. The van der Waals surface area contributed by atoms with Gasteiger partial charge in [-0.05, 0) is 30.7 Å². The first kappa shape index (κ1) is 12.8. The maximum atomic E-state index is 13.1. The summed E-state index contributed by atoms with van der Waals surface area (Å²) in [6.45, 7) is 1.88. The SMILES string of the molecule is CC(Nc1ncc(C#N)cc1N)c1cccc(F)c1. The number of pyridine rings is 1. The summed E-state index contributed by atoms with van der Waals surface area (Å²) < 4.78 is 13.1. The van der Waals surface area contributed by atoms with Crippen LogP contribution >= 0.6 is 0 Å². The summed E-state index contributed by atoms with van der Waals surface area (Å²) in [7, 11) is 0. The molecular weight excluding hydrogens is 243 g/mol. The summed E-state index contributed by atoms with van der Waals surface area (Å²) in [6.07, 6.45) is 1.44. The van der Waals surface area contributed by atoms with Gasteiger partial charge in [-0.3, -0.25) is 0 Å². The van der Waals surface area contributed by atoms with Crippen molar-refractivity contribution in [1.29, 1.82) is 5.26 Å². The van der Waals surface area contributed by atoms with Crippen molar-refractivity contribution in [2.45, 2.75) is 13.0 Å². The van der Waals surface area contributed by atoms with Crippen LogP contribution in [0.4, 0.5) is 15.9 Å². The molecule has 0 spiro atoms. The van der Waals surface area contributed by atoms with Gasteiger partial charge >= 0.3 is 0 Å². The van der Waals surface area contributed by atoms with Gasteiger partial charge in [-0.1, -0.05) is 12.1 Å². The number of nitriles is 1. The molecule has 0 amide bonds. The van der Waals surface area contributed by atoms with Gasteiger partial charge in [-0.25, -0.2) is 9.37 Å². The third-order valence-electron chi connectivity index (χ3n) is 2.75. The smallest absolute Gasteiger partial charge is 0.149 e. The van der Waals surface area contributed by atoms with Crippen LogP contribution in [0.25, 0.3) is 0 Å². The predicted molar refractivity (Wildman–Crippen MR) is 71.8 cm³/mol. The summed E-state index contributed by atoms with van der Waals surface area (Å²) in [5, 5.41) is 11.8. The van der Waals surface area contributed by atoms with E-state index in [9.17, 15) is 4.39 Å². The molecule has 1 unspecified atom stereocenters. The lowest BCUT2D eigenvalue weighted by molar-refractivity contribution is 0.623. The molecule has 0 aliphatic carbocycles. The van der Waals surface area contributed by atoms with E-state index in [0.29, 0.717) is 17.1 Å². The second kappa shape index (κ2) is 5.36. The molecule has 0 fully saturated rings. The zero-order chi connectivity index (χ0) is 13.8. The first-order valence-corrected chi connectivity index (χ1v) is 5.78. The Morgan fingerprint density at radius 3 is 2.84 bits per heavy atom. The number of nitrogen functional groups attached to an aromatic ring is 1. The summed E-state index contributed by atoms with van der Waals surface area (Å²) in [4.78, 5) is 4.08. The van der Waals surface area contributed by atoms with Crippen molar-refractivity contribution in [1.82, 2.24) is 4.98 Å². The van der Waals surface area contributed by atoms with Crippen LogP contribution in [0.15, 0.2) is 36.5 Å². The van der Waals surface area contributed by atoms with Gasteiger partial charge in [0.05, 0.1) is 17.3 Å². The maximum absolute atomic E-state index is 13.1. The van der Waals surface area contributed by atoms with E-state index in [1.807, 2.05) is 19.1 Å². The quantitative estimate of drug-likeness (QED) is 0.885. The van der Waals surface area contributed by atoms with Crippen LogP contribution in [-0.4, -0.2) is 4.98 Å². The number of hydrogen-bond donors (Lipinski definition) is 2. The Balaban J connectivity index is 2.20. The van der Waals surface area contributed by atoms with Crippen molar-refractivity contribution < 1.29 is 4.39 Å². The van der Waals surface area contributed by atoms with Crippen molar-refractivity contribution in [2.24, 2.45) is 0 Å². The Hall–Kier alpha value is -2.61. The highest BCUT2D eigenvalue weighted by Crippen LogP contribution is 2.23. The average molecular weight is 256 g/mol. The Kier molecular flexibility index (Phi) is 3.62. The molecular formula is C14H13FN4. The normalized spacial score (nSPS) is 11.6. The highest BCUT2D eigenvalue weighted by Gasteiger charge is 2.09. The Labute approximate surface area is 110 Å². The standard InChI is InChI=1S/C14H13FN4/c1-9(11-3-2-4-12(15)6-11)19-14-13(17)5-10(7-16)8-18-14/h2-6,8-9H,17H2,1H3,(H,18,19). The minimum Gasteiger partial charge on any atom is -0.396 e. The maximum Gasteiger partial charge on any atom is 0.149 e. The third-order valence-corrected chi connectivity index (χ3v) is 2.75. The fourth-order valence-electron chi connectivity index (χ4n) is 1.73. The minimum absolute atomic E-state index is 0.140. The van der Waals surface area contributed by atoms with Crippen molar-refractivity contribution in [3.63, 3.8) is 0 Å². The molecule has 0 aliphatic heterocycles. The van der Waals surface area contributed by atoms with Crippen molar-refractivity contribution in [3.8, 4) is 6.07 Å². The summed E-state index contributed by atoms with van der Waals surface area (Å²) >= 11 is 0. The van der Waals surface area contributed by atoms with Crippen LogP contribution in [0.3, 0.4) is 0 Å². The van der Waals surface area contributed by atoms with Gasteiger partial charge in [0.1, 0.15) is 17.7 Å². The third kappa shape index (κ3) is 2.99. The first-order chi connectivity index (χ1) is 9.10. The van der Waals surface area contributed by atoms with Crippen molar-refractivity contribution in [2.75, 3.05) is 11.1 Å². The Bertz CT molecular complexity index is 634. The van der Waals surface area contributed by atoms with Crippen molar-refractivity contribution >= 4 is 11.5 Å². The second-order valence-corrected chi connectivity index (χ2v) is 4.19. The number of nitrogens with zero attached hydrogens (tertiary/aromatic N) is 2. The second-order valence-electron chi connectivity index (χ2n) is 4.19. The largest absolute Gasteiger partial charge is 0.396 e. The van der Waals surface area contributed by atoms with E-state index in [2.05, 4.69) is 10.3 Å². The van der Waals surface area contributed by atoms with Gasteiger partial charge in [0.25, 0.3) is 0 Å². The average Bonchev–Trinajstić information content (AvgIpc) is 2.41. The van der Waals surface area contributed by atoms with E-state index in [4.69, 9.17) is 11.0 Å². The van der Waals surface area contributed by atoms with E-state index in [-0.39, 0.29) is 11.9 Å². The van der Waals surface area contributed by atoms with Gasteiger partial charge in [-0.15, -0.1) is 0 Å². The van der Waals surface area contributed by atoms with E-state index >= 15 is 0 Å². The van der Waals surface area contributed by atoms with E-state index in [1.54, 1.807) is 12.1 Å². The summed E-state index contributed by atoms with van der Waals surface area (Å²) in [6, 6.07) is 9.70. The predicted octanol–water partition coefficient (Wildman–Crippen LogP) is 2.85. The molecule has 1 aromatic carbocycles. The summed E-state index contributed by atoms with van der Waals surface area (Å²) in [5.74, 6) is 0.197. The number of hydrogen-bond acceptors (Lipinski definition) is 4. The van der Waals surface area contributed by atoms with Crippen LogP contribution in [0.5, 0.6) is 0 Å². The van der Waals surface area contributed by atoms with Crippen LogP contribution in [0.1, 0.15) is 24.1 Å². The molecule has 1 aromatic heterocycles. The molecule has 3 N–H and O–H groups in total. The van der Waals surface area contributed by atoms with E-state index in [0.717, 1.165) is 5.56 Å². The first-order valence-electron chi connectivity index (χ1n) is 5.78. The minimum atomic E-state index is -0.285. The van der Waals surface area contributed by atoms with Crippen LogP contribution in [0.2, 0.25) is 0 Å². The fraction of sp³-hybridized carbons (Fsp3) is 0.143. The molecule has 0 aliphatic rings. The van der Waals surface area contributed by atoms with Gasteiger partial charge in [0.2, 0.25) is 0 Å². The highest BCUT2D eigenvalue weighted by molar-refractivity contribution is 5.63. The number of anilines is 2. The van der Waals surface area contributed by atoms with E-state index < -0.39 is 0 Å². The van der Waals surface area contributed by atoms with Crippen LogP contribution in [-0.2, 0) is 0 Å². The Morgan fingerprint density at radius 2 is 2.21 bits per heavy atom. The van der Waals surface area contributed by atoms with Gasteiger partial charge in [0.15, 0.2) is 0 Å². The zero-order valence-electron chi connectivity index (χ0n) is 10.4. The molecule has 19 heavy (non-hydrogen) atoms. The lowest BCUT2D eigenvalue weighted by Gasteiger charge is -2.16. The molecule has 1 heterocycles. The van der Waals surface area contributed by atoms with Crippen molar-refractivity contribution in [3.05, 3.63) is 53.5 Å². The van der Waals surface area contributed by atoms with Gasteiger partial charge < -0.3 is 11.1 Å². The highest BCUT2D eigenvalue weighted by atomic mass is 19.1. The number of aromatic nitrogens is 1. The number of rotatable bonds is 3. The number of nitrogens with one attached hydrogen (secondary N) is 1. The number of nitrogens with two attached hydrogens (primary N) is 1. The molecule has 0 bridgehead atoms. The van der Waals surface area contributed by atoms with Gasteiger partial charge in [0, 0.05) is 6.20 Å². The molecule has 5 heteroatoms. The molecule has 0 saturated carbocycles. The molecule has 0 saturated heterocycles. The topological polar surface area (TPSA) is 74.7 Å². The summed E-state index contributed by atoms with van der Waals surface area (Å²) in [5.41, 5.74) is 7.39. The lowest BCUT2D eigenvalue weighted by atomic mass is 10.1. The number of benzene rings is 1. The molecule has 4 nitrogen and oxygen atoms in total. The molecule has 0 radical (unpaired) electrons. The molecule has 1 atom stereocenters. The Morgan fingerprint density at radius 1 is 1.42 bits per heavy atom. The van der Waals surface area contributed by atoms with Gasteiger partial charge in [-0.2, -0.15) is 5.26 Å². The monoisotopic (exact) mass is 256 g/mol. The molecule has 2 aromatic rings. The fourth-order valence-corrected chi connectivity index (χ4v) is 1.73. The van der Waals surface area contributed by atoms with E-state index in [1.165, 1.54) is 18.3 Å². The number of halogens is 1. The van der Waals surface area contributed by atoms with Crippen LogP contribution in [0, 0.1) is 17.1 Å². The molecule has 2 rings (SSSR count). The lowest BCUT2D eigenvalue weighted by Crippen LogP contribution is -2.10. The van der Waals surface area contributed by atoms with Crippen LogP contribution < -0.4 is 11.1 Å².